The molecule has 6 heteroatoms. The van der Waals surface area contributed by atoms with Crippen molar-refractivity contribution in [1.29, 1.82) is 0 Å². The van der Waals surface area contributed by atoms with E-state index in [0.717, 1.165) is 18.4 Å². The van der Waals surface area contributed by atoms with Crippen LogP contribution in [0.25, 0.3) is 0 Å². The smallest absolute Gasteiger partial charge is 0.337 e. The highest BCUT2D eigenvalue weighted by Gasteiger charge is 2.19. The predicted octanol–water partition coefficient (Wildman–Crippen LogP) is 3.14. The van der Waals surface area contributed by atoms with Gasteiger partial charge in [-0.25, -0.2) is 17.9 Å². The fourth-order valence-corrected chi connectivity index (χ4v) is 4.70. The number of fused-ring (bicyclic) bond motifs is 1. The molecular weight excluding hydrogens is 350 g/mol. The molecule has 0 fully saturated rings. The van der Waals surface area contributed by atoms with Gasteiger partial charge in [-0.2, -0.15) is 0 Å². The Morgan fingerprint density at radius 1 is 1.12 bits per heavy atom. The number of rotatable bonds is 6. The Morgan fingerprint density at radius 3 is 2.50 bits per heavy atom. The molecule has 3 rings (SSSR count). The molecule has 1 atom stereocenters. The molecular formula is C20H23NO4S. The van der Waals surface area contributed by atoms with Crippen LogP contribution in [0.4, 0.5) is 0 Å². The van der Waals surface area contributed by atoms with Gasteiger partial charge in [-0.1, -0.05) is 30.3 Å². The zero-order valence-electron chi connectivity index (χ0n) is 15.0. The fraction of sp³-hybridized carbons (Fsp3) is 0.350. The van der Waals surface area contributed by atoms with E-state index in [-0.39, 0.29) is 11.8 Å². The highest BCUT2D eigenvalue weighted by atomic mass is 32.2. The average molecular weight is 373 g/mol. The normalized spacial score (nSPS) is 14.7. The van der Waals surface area contributed by atoms with E-state index < -0.39 is 16.0 Å². The van der Waals surface area contributed by atoms with E-state index in [9.17, 15) is 13.2 Å². The first-order valence-corrected chi connectivity index (χ1v) is 10.3. The number of hydrogen-bond donors (Lipinski definition) is 1. The van der Waals surface area contributed by atoms with Gasteiger partial charge in [0, 0.05) is 6.04 Å². The van der Waals surface area contributed by atoms with Gasteiger partial charge >= 0.3 is 5.97 Å². The Labute approximate surface area is 154 Å². The van der Waals surface area contributed by atoms with Gasteiger partial charge in [0.25, 0.3) is 0 Å². The van der Waals surface area contributed by atoms with E-state index in [0.29, 0.717) is 11.1 Å². The monoisotopic (exact) mass is 373 g/mol. The fourth-order valence-electron chi connectivity index (χ4n) is 3.31. The molecule has 0 saturated heterocycles. The van der Waals surface area contributed by atoms with E-state index in [1.807, 2.05) is 13.0 Å². The van der Waals surface area contributed by atoms with Gasteiger partial charge in [-0.3, -0.25) is 0 Å². The summed E-state index contributed by atoms with van der Waals surface area (Å²) in [6, 6.07) is 12.3. The summed E-state index contributed by atoms with van der Waals surface area (Å²) in [6.07, 6.45) is 3.34. The second-order valence-corrected chi connectivity index (χ2v) is 8.42. The summed E-state index contributed by atoms with van der Waals surface area (Å²) in [5.74, 6) is -0.577. The maximum absolute atomic E-state index is 12.5. The van der Waals surface area contributed by atoms with Gasteiger partial charge in [-0.05, 0) is 60.6 Å². The minimum Gasteiger partial charge on any atom is -0.465 e. The molecule has 1 aliphatic rings. The van der Waals surface area contributed by atoms with Gasteiger partial charge < -0.3 is 4.74 Å². The highest BCUT2D eigenvalue weighted by molar-refractivity contribution is 7.88. The molecule has 1 aliphatic carbocycles. The van der Waals surface area contributed by atoms with Crippen molar-refractivity contribution in [1.82, 2.24) is 4.72 Å². The Hall–Kier alpha value is -2.18. The number of benzene rings is 2. The lowest BCUT2D eigenvalue weighted by Gasteiger charge is -2.16. The van der Waals surface area contributed by atoms with Crippen molar-refractivity contribution in [2.24, 2.45) is 0 Å². The second kappa shape index (κ2) is 7.60. The summed E-state index contributed by atoms with van der Waals surface area (Å²) in [5.41, 5.74) is 4.69. The number of aryl methyl sites for hydroxylation is 2. The third-order valence-corrected chi connectivity index (χ3v) is 6.14. The van der Waals surface area contributed by atoms with Crippen molar-refractivity contribution in [3.8, 4) is 0 Å². The topological polar surface area (TPSA) is 72.5 Å². The van der Waals surface area contributed by atoms with Crippen molar-refractivity contribution in [3.05, 3.63) is 70.3 Å². The lowest BCUT2D eigenvalue weighted by atomic mass is 10.0. The summed E-state index contributed by atoms with van der Waals surface area (Å²) in [6.45, 7) is 1.86. The summed E-state index contributed by atoms with van der Waals surface area (Å²) in [7, 11) is -2.19. The van der Waals surface area contributed by atoms with Crippen LogP contribution in [0.2, 0.25) is 0 Å². The van der Waals surface area contributed by atoms with E-state index in [1.54, 1.807) is 24.3 Å². The summed E-state index contributed by atoms with van der Waals surface area (Å²) < 4.78 is 32.4. The molecule has 138 valence electrons. The van der Waals surface area contributed by atoms with Crippen molar-refractivity contribution < 1.29 is 17.9 Å². The number of sulfonamides is 1. The van der Waals surface area contributed by atoms with Crippen LogP contribution in [-0.4, -0.2) is 21.5 Å². The molecule has 0 amide bonds. The third kappa shape index (κ3) is 4.31. The zero-order valence-corrected chi connectivity index (χ0v) is 15.8. The summed E-state index contributed by atoms with van der Waals surface area (Å²) in [5, 5.41) is 0. The standard InChI is InChI=1S/C20H23NO4S/c1-14(18-11-10-16-4-3-5-19(16)12-18)21-26(23,24)13-15-6-8-17(9-7-15)20(22)25-2/h6-12,14,21H,3-5,13H2,1-2H3/t14-/m0/s1. The lowest BCUT2D eigenvalue weighted by Crippen LogP contribution is -2.28. The summed E-state index contributed by atoms with van der Waals surface area (Å²) in [4.78, 5) is 11.4. The SMILES string of the molecule is COC(=O)c1ccc(CS(=O)(=O)N[C@@H](C)c2ccc3c(c2)CCC3)cc1. The predicted molar refractivity (Wildman–Crippen MR) is 100 cm³/mol. The van der Waals surface area contributed by atoms with E-state index in [2.05, 4.69) is 21.6 Å². The number of methoxy groups -OCH3 is 1. The molecule has 0 spiro atoms. The Morgan fingerprint density at radius 2 is 1.81 bits per heavy atom. The minimum absolute atomic E-state index is 0.135. The van der Waals surface area contributed by atoms with Crippen molar-refractivity contribution >= 4 is 16.0 Å². The first-order valence-electron chi connectivity index (χ1n) is 8.67. The first-order chi connectivity index (χ1) is 12.4. The first kappa shape index (κ1) is 18.6. The van der Waals surface area contributed by atoms with Crippen LogP contribution in [0.1, 0.15) is 52.0 Å². The molecule has 0 heterocycles. The zero-order chi connectivity index (χ0) is 18.7. The van der Waals surface area contributed by atoms with Crippen molar-refractivity contribution in [3.63, 3.8) is 0 Å². The van der Waals surface area contributed by atoms with Crippen LogP contribution in [0.5, 0.6) is 0 Å². The van der Waals surface area contributed by atoms with Crippen LogP contribution in [0, 0.1) is 0 Å². The second-order valence-electron chi connectivity index (χ2n) is 6.67. The van der Waals surface area contributed by atoms with Gasteiger partial charge in [0.15, 0.2) is 0 Å². The highest BCUT2D eigenvalue weighted by Crippen LogP contribution is 2.25. The largest absolute Gasteiger partial charge is 0.465 e. The minimum atomic E-state index is -3.50. The molecule has 0 radical (unpaired) electrons. The number of ether oxygens (including phenoxy) is 1. The molecule has 0 aliphatic heterocycles. The van der Waals surface area contributed by atoms with Crippen LogP contribution in [-0.2, 0) is 33.4 Å². The van der Waals surface area contributed by atoms with Crippen molar-refractivity contribution in [2.45, 2.75) is 38.0 Å². The Kier molecular flexibility index (Phi) is 5.44. The van der Waals surface area contributed by atoms with Gasteiger partial charge in [0.1, 0.15) is 0 Å². The maximum atomic E-state index is 12.5. The number of hydrogen-bond acceptors (Lipinski definition) is 4. The van der Waals surface area contributed by atoms with E-state index >= 15 is 0 Å². The van der Waals surface area contributed by atoms with Crippen LogP contribution in [0.15, 0.2) is 42.5 Å². The van der Waals surface area contributed by atoms with Crippen LogP contribution in [0.3, 0.4) is 0 Å². The summed E-state index contributed by atoms with van der Waals surface area (Å²) >= 11 is 0. The number of nitrogens with one attached hydrogen (secondary N) is 1. The number of esters is 1. The maximum Gasteiger partial charge on any atom is 0.337 e. The van der Waals surface area contributed by atoms with Gasteiger partial charge in [0.05, 0.1) is 18.4 Å². The molecule has 5 nitrogen and oxygen atoms in total. The van der Waals surface area contributed by atoms with Crippen LogP contribution >= 0.6 is 0 Å². The Balaban J connectivity index is 1.67. The third-order valence-electron chi connectivity index (χ3n) is 4.71. The molecule has 0 bridgehead atoms. The molecule has 26 heavy (non-hydrogen) atoms. The average Bonchev–Trinajstić information content (AvgIpc) is 3.08. The van der Waals surface area contributed by atoms with Gasteiger partial charge in [0.2, 0.25) is 10.0 Å². The van der Waals surface area contributed by atoms with Crippen LogP contribution < -0.4 is 4.72 Å². The lowest BCUT2D eigenvalue weighted by molar-refractivity contribution is 0.0600. The number of carbonyl (C=O) groups excluding carboxylic acids is 1. The molecule has 0 saturated carbocycles. The number of carbonyl (C=O) groups is 1. The quantitative estimate of drug-likeness (QED) is 0.790. The molecule has 0 unspecified atom stereocenters. The Bertz CT molecular complexity index is 904. The molecule has 2 aromatic carbocycles. The molecule has 1 N–H and O–H groups in total. The van der Waals surface area contributed by atoms with Gasteiger partial charge in [-0.15, -0.1) is 0 Å². The van der Waals surface area contributed by atoms with Crippen molar-refractivity contribution in [2.75, 3.05) is 7.11 Å². The molecule has 2 aromatic rings. The van der Waals surface area contributed by atoms with E-state index in [4.69, 9.17) is 0 Å². The molecule has 0 aromatic heterocycles. The van der Waals surface area contributed by atoms with E-state index in [1.165, 1.54) is 24.7 Å².